The Hall–Kier alpha value is -14.0. The van der Waals surface area contributed by atoms with Crippen LogP contribution in [0.5, 0.6) is 17.2 Å². The van der Waals surface area contributed by atoms with Crippen molar-refractivity contribution in [3.63, 3.8) is 0 Å². The molecule has 0 aliphatic carbocycles. The van der Waals surface area contributed by atoms with Gasteiger partial charge in [-0.15, -0.1) is 0 Å². The van der Waals surface area contributed by atoms with Crippen LogP contribution < -0.4 is 69.5 Å². The standard InChI is InChI=1S/C34H44N4O11S.C31H41N5O9S.C31H40N4O8S/c1-21(2)13-28(34(46)47)38-33(45)27(15-22-7-5-4-6-8-22)37-30(42)18-35-29(41)17-36-32(44)24(14-23-9-11-25(39)12-10-23)16-26(40)19-48-20-31(43)49-50-3;1-19(2)13-25(30(42)44-18-45-31(43)46-3)36-29(41)24(15-20-7-5-4-6-8-20)35-27(39)17-33-26(38)16-34-28(40)23(32)14-21-9-11-22(37)12-10-21;1-19(2)13-25(31(42)43)35-30(41)24(15-20-7-5-4-6-8-20)34-27(38)18-32-26(37)17-33-29(40)22(16-28(39)44-3)14-21-9-11-23(36)12-10-21/h4-12,21,24,27-28,39H,13-20H2,1-3H3,(H,35,41)(H,36,44)(H,37,42)(H,38,45)(H,46,47);4-12,19,23-25,37H,13-18,32H2,1-3H3,(H,33,38)(H,34,40)(H,35,39)(H,36,41);4-12,19,22,24-25,36H,13-18H2,1-3H3,(H,32,37)(H,33,40)(H,34,38)(H,35,41)(H,42,43). The molecule has 0 aliphatic heterocycles. The van der Waals surface area contributed by atoms with E-state index in [2.05, 4.69) is 68.0 Å². The molecule has 12 amide bonds. The molecule has 0 aliphatic rings. The highest BCUT2D eigenvalue weighted by Gasteiger charge is 2.34. The summed E-state index contributed by atoms with van der Waals surface area (Å²) in [6, 6.07) is 37.3. The number of carbonyl (C=O) groups is 19. The van der Waals surface area contributed by atoms with Gasteiger partial charge < -0.3 is 113 Å². The van der Waals surface area contributed by atoms with Gasteiger partial charge in [-0.05, 0) is 150 Å². The number of ether oxygens (including phenoxy) is 3. The zero-order valence-electron chi connectivity index (χ0n) is 79.1. The van der Waals surface area contributed by atoms with Crippen LogP contribution in [0, 0.1) is 29.6 Å². The number of aliphatic carboxylic acids is 2. The lowest BCUT2D eigenvalue weighted by Gasteiger charge is -2.24. The van der Waals surface area contributed by atoms with Gasteiger partial charge in [-0.2, -0.15) is 0 Å². The van der Waals surface area contributed by atoms with E-state index in [-0.39, 0.29) is 111 Å². The molecule has 140 heavy (non-hydrogen) atoms. The van der Waals surface area contributed by atoms with Crippen LogP contribution in [-0.2, 0) is 143 Å². The summed E-state index contributed by atoms with van der Waals surface area (Å²) in [7, 11) is 0. The van der Waals surface area contributed by atoms with E-state index in [0.29, 0.717) is 11.1 Å². The first-order valence-electron chi connectivity index (χ1n) is 44.4. The maximum atomic E-state index is 13.4. The number of carboxylic acid groups (broad SMARTS) is 2. The Kier molecular flexibility index (Phi) is 54.9. The highest BCUT2D eigenvalue weighted by atomic mass is 32.2. The normalized spacial score (nSPS) is 12.7. The number of amides is 12. The Morgan fingerprint density at radius 3 is 0.993 bits per heavy atom. The number of ketones is 1. The van der Waals surface area contributed by atoms with Crippen molar-refractivity contribution in [2.45, 2.75) is 154 Å². The minimum Gasteiger partial charge on any atom is -0.508 e. The van der Waals surface area contributed by atoms with Crippen molar-refractivity contribution in [2.24, 2.45) is 35.3 Å². The van der Waals surface area contributed by atoms with E-state index in [1.807, 2.05) is 41.5 Å². The number of esters is 1. The van der Waals surface area contributed by atoms with E-state index >= 15 is 0 Å². The number of Topliss-reactive ketones (excluding diaryl/α,β-unsaturated/α-hetero) is 1. The maximum absolute atomic E-state index is 13.4. The number of rotatable bonds is 56. The molecule has 9 atom stereocenters. The summed E-state index contributed by atoms with van der Waals surface area (Å²) in [6.07, 6.45) is 5.65. The van der Waals surface area contributed by atoms with Crippen molar-refractivity contribution in [3.8, 4) is 17.2 Å². The lowest BCUT2D eigenvalue weighted by molar-refractivity contribution is -0.156. The second-order valence-corrected chi connectivity index (χ2v) is 35.2. The van der Waals surface area contributed by atoms with Crippen molar-refractivity contribution < 1.29 is 135 Å². The lowest BCUT2D eigenvalue weighted by atomic mass is 9.93. The summed E-state index contributed by atoms with van der Waals surface area (Å²) >= 11 is 2.63. The van der Waals surface area contributed by atoms with E-state index in [0.717, 1.165) is 57.8 Å². The van der Waals surface area contributed by atoms with Crippen LogP contribution in [0.25, 0.3) is 0 Å². The summed E-state index contributed by atoms with van der Waals surface area (Å²) in [5.41, 5.74) is 10.2. The van der Waals surface area contributed by atoms with Crippen LogP contribution in [0.2, 0.25) is 0 Å². The van der Waals surface area contributed by atoms with Gasteiger partial charge in [-0.25, -0.2) is 24.0 Å². The minimum absolute atomic E-state index is 0.00313. The molecule has 9 unspecified atom stereocenters. The van der Waals surface area contributed by atoms with Crippen LogP contribution in [-0.4, -0.2) is 257 Å². The van der Waals surface area contributed by atoms with Gasteiger partial charge in [0.2, 0.25) is 77.7 Å². The molecular formula is C96H125N13O28S3. The smallest absolute Gasteiger partial charge is 0.369 e. The molecule has 0 saturated heterocycles. The van der Waals surface area contributed by atoms with Crippen molar-refractivity contribution in [2.75, 3.05) is 78.0 Å². The highest BCUT2D eigenvalue weighted by molar-refractivity contribution is 8.13. The predicted octanol–water partition coefficient (Wildman–Crippen LogP) is 3.08. The van der Waals surface area contributed by atoms with Gasteiger partial charge in [-0.3, -0.25) is 67.1 Å². The molecule has 44 heteroatoms. The molecule has 6 rings (SSSR count). The topological polar surface area (TPSA) is 633 Å². The van der Waals surface area contributed by atoms with Crippen molar-refractivity contribution in [1.82, 2.24) is 63.8 Å². The molecule has 0 radical (unpaired) electrons. The average molecular weight is 2010 g/mol. The summed E-state index contributed by atoms with van der Waals surface area (Å²) < 4.78 is 19.5. The molecule has 0 bridgehead atoms. The largest absolute Gasteiger partial charge is 0.508 e. The molecule has 0 spiro atoms. The number of aromatic hydroxyl groups is 3. The minimum atomic E-state index is -1.21. The number of nitrogens with one attached hydrogen (secondary N) is 12. The first-order valence-corrected chi connectivity index (χ1v) is 48.0. The summed E-state index contributed by atoms with van der Waals surface area (Å²) in [5.74, 6) is -13.9. The molecule has 760 valence electrons. The molecule has 0 fully saturated rings. The first kappa shape index (κ1) is 118. The second kappa shape index (κ2) is 65.0. The van der Waals surface area contributed by atoms with E-state index in [1.54, 1.807) is 140 Å². The third kappa shape index (κ3) is 50.4. The molecule has 19 N–H and O–H groups in total. The van der Waals surface area contributed by atoms with Crippen LogP contribution in [0.15, 0.2) is 164 Å². The third-order valence-corrected chi connectivity index (χ3v) is 21.4. The molecule has 0 saturated carbocycles. The van der Waals surface area contributed by atoms with Crippen LogP contribution in [0.3, 0.4) is 0 Å². The van der Waals surface area contributed by atoms with Crippen molar-refractivity contribution >= 4 is 147 Å². The van der Waals surface area contributed by atoms with Gasteiger partial charge in [0.05, 0.1) is 57.4 Å². The van der Waals surface area contributed by atoms with E-state index in [9.17, 15) is 117 Å². The number of carboxylic acids is 2. The molecule has 0 aromatic heterocycles. The lowest BCUT2D eigenvalue weighted by Crippen LogP contribution is -2.54. The number of nitrogens with two attached hydrogens (primary N) is 1. The van der Waals surface area contributed by atoms with E-state index in [4.69, 9.17) is 19.9 Å². The second-order valence-electron chi connectivity index (χ2n) is 33.1. The van der Waals surface area contributed by atoms with Gasteiger partial charge >= 0.3 is 29.2 Å². The fraction of sp³-hybridized carbons (Fsp3) is 0.427. The fourth-order valence-corrected chi connectivity index (χ4v) is 13.8. The van der Waals surface area contributed by atoms with Gasteiger partial charge in [0.25, 0.3) is 0 Å². The number of hydrogen-bond donors (Lipinski definition) is 18. The number of hydrogen-bond acceptors (Lipinski definition) is 30. The zero-order chi connectivity index (χ0) is 104. The van der Waals surface area contributed by atoms with Crippen LogP contribution >= 0.6 is 35.6 Å². The number of benzene rings is 6. The number of thioether (sulfide) groups is 2. The number of carbonyl (C=O) groups excluding carboxylic acids is 17. The number of phenolic OH excluding ortho intramolecular Hbond substituents is 3. The average Bonchev–Trinajstić information content (AvgIpc) is 0.882. The Labute approximate surface area is 823 Å². The quantitative estimate of drug-likeness (QED) is 0.0148. The summed E-state index contributed by atoms with van der Waals surface area (Å²) in [5, 5.41) is 76.5. The molecule has 41 nitrogen and oxygen atoms in total. The Bertz CT molecular complexity index is 5050. The van der Waals surface area contributed by atoms with Crippen molar-refractivity contribution in [1.29, 1.82) is 0 Å². The van der Waals surface area contributed by atoms with Crippen molar-refractivity contribution in [3.05, 3.63) is 197 Å². The summed E-state index contributed by atoms with van der Waals surface area (Å²) in [6.45, 7) is 6.51. The summed E-state index contributed by atoms with van der Waals surface area (Å²) in [4.78, 5) is 237. The predicted molar refractivity (Wildman–Crippen MR) is 518 cm³/mol. The van der Waals surface area contributed by atoms with Gasteiger partial charge in [0, 0.05) is 50.2 Å². The Balaban J connectivity index is 0.000000439. The highest BCUT2D eigenvalue weighted by Crippen LogP contribution is 2.22. The molecule has 6 aromatic rings. The van der Waals surface area contributed by atoms with Crippen LogP contribution in [0.1, 0.15) is 107 Å². The molecule has 6 aromatic carbocycles. The monoisotopic (exact) mass is 2000 g/mol. The Morgan fingerprint density at radius 1 is 0.336 bits per heavy atom. The third-order valence-electron chi connectivity index (χ3n) is 20.0. The van der Waals surface area contributed by atoms with Gasteiger partial charge in [0.1, 0.15) is 66.7 Å². The fourth-order valence-electron chi connectivity index (χ4n) is 13.1. The van der Waals surface area contributed by atoms with Gasteiger partial charge in [0.15, 0.2) is 10.9 Å². The molecule has 0 heterocycles. The van der Waals surface area contributed by atoms with Gasteiger partial charge in [-0.1, -0.05) is 181 Å². The molecular weight excluding hydrogens is 1880 g/mol. The van der Waals surface area contributed by atoms with E-state index in [1.165, 1.54) is 42.7 Å². The van der Waals surface area contributed by atoms with E-state index < -0.39 is 219 Å². The van der Waals surface area contributed by atoms with Crippen LogP contribution in [0.4, 0.5) is 4.79 Å². The SMILES string of the molecule is CSC(=O)CC(Cc1ccc(O)cc1)C(=O)NCC(=O)NCC(=O)NC(Cc1ccccc1)C(=O)NC(CC(C)C)C(=O)O.CSC(=O)OCOC(=O)C(CC(C)C)NC(=O)C(Cc1ccccc1)NC(=O)CNC(=O)CNC(=O)C(N)Cc1ccc(O)cc1.CSOC(=O)COCC(=O)CC(Cc1ccc(O)cc1)C(=O)NCC(=O)NCC(=O)NC(Cc1ccccc1)C(=O)NC(CC(C)C)C(=O)O. The number of phenols is 3. The zero-order valence-corrected chi connectivity index (χ0v) is 81.5. The first-order chi connectivity index (χ1) is 66.5. The maximum Gasteiger partial charge on any atom is 0.369 e. The Morgan fingerprint density at radius 2 is 0.657 bits per heavy atom.